The molecule has 2 nitrogen and oxygen atoms in total. The van der Waals surface area contributed by atoms with Crippen molar-refractivity contribution in [3.63, 3.8) is 0 Å². The van der Waals surface area contributed by atoms with Crippen LogP contribution in [0.5, 0.6) is 5.75 Å². The maximum Gasteiger partial charge on any atom is 0.125 e. The first-order valence-corrected chi connectivity index (χ1v) is 7.15. The zero-order valence-electron chi connectivity index (χ0n) is 12.1. The van der Waals surface area contributed by atoms with Gasteiger partial charge in [0.05, 0.1) is 7.11 Å². The first-order chi connectivity index (χ1) is 9.61. The highest BCUT2D eigenvalue weighted by Crippen LogP contribution is 2.27. The monoisotopic (exact) mass is 289 g/mol. The molecule has 0 radical (unpaired) electrons. The van der Waals surface area contributed by atoms with Crippen LogP contribution in [0.2, 0.25) is 5.02 Å². The Hall–Kier alpha value is -1.67. The summed E-state index contributed by atoms with van der Waals surface area (Å²) in [6.45, 7) is 5.02. The summed E-state index contributed by atoms with van der Waals surface area (Å²) in [6.07, 6.45) is 0. The highest BCUT2D eigenvalue weighted by atomic mass is 35.5. The highest BCUT2D eigenvalue weighted by molar-refractivity contribution is 6.31. The Bertz CT molecular complexity index is 581. The van der Waals surface area contributed by atoms with Gasteiger partial charge in [-0.3, -0.25) is 0 Å². The number of nitrogens with one attached hydrogen (secondary N) is 1. The van der Waals surface area contributed by atoms with Gasteiger partial charge in [0.1, 0.15) is 5.75 Å². The third-order valence-electron chi connectivity index (χ3n) is 3.32. The second-order valence-corrected chi connectivity index (χ2v) is 5.46. The van der Waals surface area contributed by atoms with Gasteiger partial charge in [-0.1, -0.05) is 43.6 Å². The molecule has 0 aliphatic heterocycles. The number of methoxy groups -OCH3 is 1. The lowest BCUT2D eigenvalue weighted by Gasteiger charge is -2.13. The lowest BCUT2D eigenvalue weighted by Crippen LogP contribution is -2.03. The molecule has 0 aliphatic carbocycles. The van der Waals surface area contributed by atoms with Crippen molar-refractivity contribution in [2.75, 3.05) is 12.4 Å². The van der Waals surface area contributed by atoms with Gasteiger partial charge in [-0.15, -0.1) is 0 Å². The Labute approximate surface area is 125 Å². The molecule has 1 N–H and O–H groups in total. The average Bonchev–Trinajstić information content (AvgIpc) is 2.46. The molecule has 0 amide bonds. The molecule has 0 heterocycles. The molecule has 0 spiro atoms. The summed E-state index contributed by atoms with van der Waals surface area (Å²) in [4.78, 5) is 0. The van der Waals surface area contributed by atoms with Gasteiger partial charge < -0.3 is 10.1 Å². The van der Waals surface area contributed by atoms with E-state index in [9.17, 15) is 0 Å². The minimum Gasteiger partial charge on any atom is -0.496 e. The number of hydrogen-bond donors (Lipinski definition) is 1. The number of halogens is 1. The highest BCUT2D eigenvalue weighted by Gasteiger charge is 2.07. The summed E-state index contributed by atoms with van der Waals surface area (Å²) in [7, 11) is 1.66. The number of hydrogen-bond acceptors (Lipinski definition) is 2. The van der Waals surface area contributed by atoms with Gasteiger partial charge in [0.25, 0.3) is 0 Å². The number of anilines is 1. The van der Waals surface area contributed by atoms with Crippen LogP contribution in [0, 0.1) is 0 Å². The summed E-state index contributed by atoms with van der Waals surface area (Å²) in [6, 6.07) is 14.2. The zero-order chi connectivity index (χ0) is 14.5. The van der Waals surface area contributed by atoms with Gasteiger partial charge in [-0.25, -0.2) is 0 Å². The smallest absolute Gasteiger partial charge is 0.125 e. The molecule has 0 saturated carbocycles. The molecule has 20 heavy (non-hydrogen) atoms. The van der Waals surface area contributed by atoms with E-state index in [2.05, 4.69) is 43.4 Å². The SMILES string of the molecule is COc1cccc(Cl)c1CNc1cccc(C(C)C)c1. The fourth-order valence-corrected chi connectivity index (χ4v) is 2.33. The van der Waals surface area contributed by atoms with E-state index < -0.39 is 0 Å². The summed E-state index contributed by atoms with van der Waals surface area (Å²) in [5.41, 5.74) is 3.39. The van der Waals surface area contributed by atoms with Gasteiger partial charge in [0, 0.05) is 22.8 Å². The Morgan fingerprint density at radius 3 is 2.60 bits per heavy atom. The van der Waals surface area contributed by atoms with E-state index in [1.807, 2.05) is 18.2 Å². The Kier molecular flexibility index (Phi) is 4.91. The molecule has 0 aliphatic rings. The van der Waals surface area contributed by atoms with E-state index in [-0.39, 0.29) is 0 Å². The van der Waals surface area contributed by atoms with E-state index in [0.717, 1.165) is 22.0 Å². The van der Waals surface area contributed by atoms with E-state index in [0.29, 0.717) is 12.5 Å². The fourth-order valence-electron chi connectivity index (χ4n) is 2.10. The standard InChI is InChI=1S/C17H20ClNO/c1-12(2)13-6-4-7-14(10-13)19-11-15-16(18)8-5-9-17(15)20-3/h4-10,12,19H,11H2,1-3H3. The molecule has 2 aromatic rings. The van der Waals surface area contributed by atoms with Crippen LogP contribution in [0.15, 0.2) is 42.5 Å². The van der Waals surface area contributed by atoms with Gasteiger partial charge in [-0.2, -0.15) is 0 Å². The lowest BCUT2D eigenvalue weighted by molar-refractivity contribution is 0.410. The molecule has 0 fully saturated rings. The topological polar surface area (TPSA) is 21.3 Å². The molecule has 0 aromatic heterocycles. The molecule has 3 heteroatoms. The molecular weight excluding hydrogens is 270 g/mol. The number of benzene rings is 2. The maximum atomic E-state index is 6.24. The predicted octanol–water partition coefficient (Wildman–Crippen LogP) is 5.08. The molecule has 2 aromatic carbocycles. The quantitative estimate of drug-likeness (QED) is 0.828. The van der Waals surface area contributed by atoms with E-state index >= 15 is 0 Å². The van der Waals surface area contributed by atoms with Crippen molar-refractivity contribution in [2.24, 2.45) is 0 Å². The zero-order valence-corrected chi connectivity index (χ0v) is 12.9. The average molecular weight is 290 g/mol. The fraction of sp³-hybridized carbons (Fsp3) is 0.294. The molecular formula is C17H20ClNO. The minimum absolute atomic E-state index is 0.520. The Morgan fingerprint density at radius 2 is 1.90 bits per heavy atom. The first kappa shape index (κ1) is 14.7. The van der Waals surface area contributed by atoms with E-state index in [4.69, 9.17) is 16.3 Å². The third-order valence-corrected chi connectivity index (χ3v) is 3.67. The van der Waals surface area contributed by atoms with Crippen molar-refractivity contribution in [3.8, 4) is 5.75 Å². The Balaban J connectivity index is 2.15. The van der Waals surface area contributed by atoms with Crippen molar-refractivity contribution in [3.05, 3.63) is 58.6 Å². The number of rotatable bonds is 5. The molecule has 2 rings (SSSR count). The minimum atomic E-state index is 0.520. The van der Waals surface area contributed by atoms with Gasteiger partial charge in [-0.05, 0) is 35.7 Å². The van der Waals surface area contributed by atoms with Crippen LogP contribution < -0.4 is 10.1 Å². The van der Waals surface area contributed by atoms with E-state index in [1.54, 1.807) is 7.11 Å². The van der Waals surface area contributed by atoms with Gasteiger partial charge >= 0.3 is 0 Å². The van der Waals surface area contributed by atoms with Crippen LogP contribution in [0.4, 0.5) is 5.69 Å². The predicted molar refractivity (Wildman–Crippen MR) is 85.9 cm³/mol. The molecule has 106 valence electrons. The largest absolute Gasteiger partial charge is 0.496 e. The second kappa shape index (κ2) is 6.67. The summed E-state index contributed by atoms with van der Waals surface area (Å²) in [5, 5.41) is 4.13. The molecule has 0 unspecified atom stereocenters. The first-order valence-electron chi connectivity index (χ1n) is 6.77. The van der Waals surface area contributed by atoms with Crippen LogP contribution in [-0.4, -0.2) is 7.11 Å². The summed E-state index contributed by atoms with van der Waals surface area (Å²) < 4.78 is 5.35. The second-order valence-electron chi connectivity index (χ2n) is 5.05. The van der Waals surface area contributed by atoms with E-state index in [1.165, 1.54) is 5.56 Å². The Morgan fingerprint density at radius 1 is 1.15 bits per heavy atom. The molecule has 0 atom stereocenters. The lowest BCUT2D eigenvalue weighted by atomic mass is 10.0. The summed E-state index contributed by atoms with van der Waals surface area (Å²) in [5.74, 6) is 1.33. The van der Waals surface area contributed by atoms with Gasteiger partial charge in [0.2, 0.25) is 0 Å². The number of ether oxygens (including phenoxy) is 1. The molecule has 0 saturated heterocycles. The van der Waals surface area contributed by atoms with Gasteiger partial charge in [0.15, 0.2) is 0 Å². The van der Waals surface area contributed by atoms with Crippen molar-refractivity contribution in [2.45, 2.75) is 26.3 Å². The van der Waals surface area contributed by atoms with Crippen molar-refractivity contribution >= 4 is 17.3 Å². The van der Waals surface area contributed by atoms with Crippen molar-refractivity contribution in [1.82, 2.24) is 0 Å². The van der Waals surface area contributed by atoms with Crippen LogP contribution in [-0.2, 0) is 6.54 Å². The van der Waals surface area contributed by atoms with Crippen molar-refractivity contribution < 1.29 is 4.74 Å². The van der Waals surface area contributed by atoms with Crippen LogP contribution in [0.1, 0.15) is 30.9 Å². The normalized spacial score (nSPS) is 10.7. The van der Waals surface area contributed by atoms with Crippen LogP contribution >= 0.6 is 11.6 Å². The van der Waals surface area contributed by atoms with Crippen LogP contribution in [0.25, 0.3) is 0 Å². The third kappa shape index (κ3) is 3.45. The molecule has 0 bridgehead atoms. The maximum absolute atomic E-state index is 6.24. The summed E-state index contributed by atoms with van der Waals surface area (Å²) >= 11 is 6.24. The van der Waals surface area contributed by atoms with Crippen molar-refractivity contribution in [1.29, 1.82) is 0 Å². The van der Waals surface area contributed by atoms with Crippen LogP contribution in [0.3, 0.4) is 0 Å².